The number of hydrogen-bond acceptors (Lipinski definition) is 5. The lowest BCUT2D eigenvalue weighted by Gasteiger charge is -2.45. The zero-order chi connectivity index (χ0) is 20.6. The predicted octanol–water partition coefficient (Wildman–Crippen LogP) is 2.26. The summed E-state index contributed by atoms with van der Waals surface area (Å²) in [6.07, 6.45) is -0.787. The molecule has 2 aliphatic rings. The molecule has 0 unspecified atom stereocenters. The molecule has 2 bridgehead atoms. The molecule has 2 saturated heterocycles. The topological polar surface area (TPSA) is 76.2 Å². The highest BCUT2D eigenvalue weighted by molar-refractivity contribution is 7.89. The fourth-order valence-electron chi connectivity index (χ4n) is 3.78. The fraction of sp³-hybridized carbons (Fsp3) is 0.350. The smallest absolute Gasteiger partial charge is 0.257 e. The van der Waals surface area contributed by atoms with Crippen LogP contribution in [0.1, 0.15) is 10.4 Å². The Labute approximate surface area is 174 Å². The third kappa shape index (κ3) is 3.98. The number of carbonyl (C=O) groups excluding carboxylic acids is 1. The molecule has 2 aromatic carbocycles. The van der Waals surface area contributed by atoms with Crippen LogP contribution in [0.25, 0.3) is 0 Å². The molecule has 2 heterocycles. The second-order valence-corrected chi connectivity index (χ2v) is 9.44. The quantitative estimate of drug-likeness (QED) is 0.734. The molecule has 4 rings (SSSR count). The van der Waals surface area contributed by atoms with Gasteiger partial charge in [0.25, 0.3) is 5.91 Å². The van der Waals surface area contributed by atoms with Crippen LogP contribution in [0.3, 0.4) is 0 Å². The summed E-state index contributed by atoms with van der Waals surface area (Å²) in [5.74, 6) is 0.242. The Hall–Kier alpha value is -2.13. The molecule has 0 aliphatic carbocycles. The van der Waals surface area contributed by atoms with Crippen molar-refractivity contribution in [2.75, 3.05) is 33.3 Å². The maximum atomic E-state index is 13.1. The van der Waals surface area contributed by atoms with Gasteiger partial charge in [0.05, 0.1) is 29.8 Å². The molecule has 0 N–H and O–H groups in total. The first-order chi connectivity index (χ1) is 13.9. The number of benzene rings is 2. The first-order valence-corrected chi connectivity index (χ1v) is 11.0. The van der Waals surface area contributed by atoms with E-state index in [2.05, 4.69) is 0 Å². The van der Waals surface area contributed by atoms with Gasteiger partial charge in [0.2, 0.25) is 10.0 Å². The maximum absolute atomic E-state index is 13.1. The van der Waals surface area contributed by atoms with Crippen molar-refractivity contribution in [2.24, 2.45) is 0 Å². The van der Waals surface area contributed by atoms with Crippen LogP contribution < -0.4 is 4.74 Å². The molecule has 0 spiro atoms. The molecule has 9 heteroatoms. The van der Waals surface area contributed by atoms with Crippen LogP contribution >= 0.6 is 11.6 Å². The van der Waals surface area contributed by atoms with Crippen LogP contribution in [-0.2, 0) is 14.8 Å². The Morgan fingerprint density at radius 3 is 2.34 bits per heavy atom. The van der Waals surface area contributed by atoms with E-state index >= 15 is 0 Å². The van der Waals surface area contributed by atoms with Crippen LogP contribution in [0.5, 0.6) is 5.75 Å². The molecule has 154 valence electrons. The Morgan fingerprint density at radius 2 is 1.72 bits per heavy atom. The molecule has 2 atom stereocenters. The molecule has 2 aromatic rings. The van der Waals surface area contributed by atoms with E-state index in [4.69, 9.17) is 21.1 Å². The minimum absolute atomic E-state index is 0.199. The van der Waals surface area contributed by atoms with Crippen LogP contribution in [0.2, 0.25) is 5.02 Å². The number of morpholine rings is 2. The molecule has 29 heavy (non-hydrogen) atoms. The van der Waals surface area contributed by atoms with Gasteiger partial charge in [-0.05, 0) is 30.3 Å². The Morgan fingerprint density at radius 1 is 1.07 bits per heavy atom. The van der Waals surface area contributed by atoms with Gasteiger partial charge in [0.15, 0.2) is 0 Å². The first kappa shape index (κ1) is 20.2. The molecule has 1 amide bonds. The van der Waals surface area contributed by atoms with E-state index in [0.717, 1.165) is 0 Å². The molecule has 2 aliphatic heterocycles. The van der Waals surface area contributed by atoms with Gasteiger partial charge < -0.3 is 14.4 Å². The van der Waals surface area contributed by atoms with Crippen molar-refractivity contribution in [3.63, 3.8) is 0 Å². The van der Waals surface area contributed by atoms with Crippen LogP contribution in [0, 0.1) is 0 Å². The van der Waals surface area contributed by atoms with Crippen LogP contribution in [0.15, 0.2) is 53.4 Å². The van der Waals surface area contributed by atoms with Gasteiger partial charge >= 0.3 is 0 Å². The number of sulfonamides is 1. The van der Waals surface area contributed by atoms with Crippen molar-refractivity contribution in [3.05, 3.63) is 59.1 Å². The minimum Gasteiger partial charge on any atom is -0.496 e. The number of fused-ring (bicyclic) bond motifs is 2. The van der Waals surface area contributed by atoms with Gasteiger partial charge in [-0.1, -0.05) is 29.8 Å². The van der Waals surface area contributed by atoms with Crippen molar-refractivity contribution in [1.82, 2.24) is 9.21 Å². The summed E-state index contributed by atoms with van der Waals surface area (Å²) in [5.41, 5.74) is 0.383. The molecule has 2 fully saturated rings. The van der Waals surface area contributed by atoms with E-state index in [1.54, 1.807) is 53.4 Å². The second-order valence-electron chi connectivity index (χ2n) is 7.07. The monoisotopic (exact) mass is 436 g/mol. The molecule has 7 nitrogen and oxygen atoms in total. The van der Waals surface area contributed by atoms with E-state index in [1.165, 1.54) is 11.4 Å². The normalized spacial score (nSPS) is 22.3. The van der Waals surface area contributed by atoms with Gasteiger partial charge in [-0.3, -0.25) is 4.79 Å². The zero-order valence-corrected chi connectivity index (χ0v) is 17.4. The average molecular weight is 437 g/mol. The van der Waals surface area contributed by atoms with Gasteiger partial charge in [0, 0.05) is 31.2 Å². The van der Waals surface area contributed by atoms with Crippen molar-refractivity contribution >= 4 is 27.5 Å². The van der Waals surface area contributed by atoms with E-state index in [9.17, 15) is 13.2 Å². The van der Waals surface area contributed by atoms with Crippen molar-refractivity contribution in [2.45, 2.75) is 17.1 Å². The number of methoxy groups -OCH3 is 1. The SMILES string of the molecule is COc1ccc(Cl)cc1C(=O)N1C[C@@H]2CN(S(=O)(=O)c3ccccc3)C[C@H](C1)O2. The summed E-state index contributed by atoms with van der Waals surface area (Å²) in [6, 6.07) is 13.3. The van der Waals surface area contributed by atoms with Gasteiger partial charge in [-0.2, -0.15) is 4.31 Å². The molecule has 0 saturated carbocycles. The van der Waals surface area contributed by atoms with Crippen LogP contribution in [0.4, 0.5) is 0 Å². The lowest BCUT2D eigenvalue weighted by Crippen LogP contribution is -2.61. The molecule has 0 aromatic heterocycles. The van der Waals surface area contributed by atoms with E-state index < -0.39 is 22.2 Å². The minimum atomic E-state index is -3.60. The predicted molar refractivity (Wildman–Crippen MR) is 108 cm³/mol. The third-order valence-corrected chi connectivity index (χ3v) is 7.19. The molecular weight excluding hydrogens is 416 g/mol. The molecular formula is C20H21ClN2O5S. The zero-order valence-electron chi connectivity index (χ0n) is 15.8. The van der Waals surface area contributed by atoms with E-state index in [0.29, 0.717) is 29.4 Å². The molecule has 0 radical (unpaired) electrons. The van der Waals surface area contributed by atoms with E-state index in [-0.39, 0.29) is 23.9 Å². The number of halogens is 1. The Kier molecular flexibility index (Phi) is 5.52. The van der Waals surface area contributed by atoms with Crippen molar-refractivity contribution in [3.8, 4) is 5.75 Å². The van der Waals surface area contributed by atoms with Crippen LogP contribution in [-0.4, -0.2) is 69.0 Å². The third-order valence-electron chi connectivity index (χ3n) is 5.11. The Bertz CT molecular complexity index is 1000. The highest BCUT2D eigenvalue weighted by Crippen LogP contribution is 2.28. The number of rotatable bonds is 4. The summed E-state index contributed by atoms with van der Waals surface area (Å²) in [7, 11) is -2.10. The van der Waals surface area contributed by atoms with Gasteiger partial charge in [-0.15, -0.1) is 0 Å². The average Bonchev–Trinajstić information content (AvgIpc) is 2.73. The van der Waals surface area contributed by atoms with Gasteiger partial charge in [0.1, 0.15) is 5.75 Å². The summed E-state index contributed by atoms with van der Waals surface area (Å²) in [6.45, 7) is 0.992. The van der Waals surface area contributed by atoms with Crippen molar-refractivity contribution in [1.29, 1.82) is 0 Å². The summed E-state index contributed by atoms with van der Waals surface area (Å²) in [4.78, 5) is 15.0. The maximum Gasteiger partial charge on any atom is 0.257 e. The Balaban J connectivity index is 1.52. The number of ether oxygens (including phenoxy) is 2. The van der Waals surface area contributed by atoms with Gasteiger partial charge in [-0.25, -0.2) is 8.42 Å². The van der Waals surface area contributed by atoms with Crippen molar-refractivity contribution < 1.29 is 22.7 Å². The summed E-state index contributed by atoms with van der Waals surface area (Å²) < 4.78 is 38.5. The number of nitrogens with zero attached hydrogens (tertiary/aromatic N) is 2. The number of amides is 1. The number of carbonyl (C=O) groups is 1. The highest BCUT2D eigenvalue weighted by Gasteiger charge is 2.41. The highest BCUT2D eigenvalue weighted by atomic mass is 35.5. The second kappa shape index (κ2) is 7.95. The largest absolute Gasteiger partial charge is 0.496 e. The lowest BCUT2D eigenvalue weighted by molar-refractivity contribution is -0.113. The summed E-state index contributed by atoms with van der Waals surface area (Å²) >= 11 is 6.06. The summed E-state index contributed by atoms with van der Waals surface area (Å²) in [5, 5.41) is 0.447. The number of hydrogen-bond donors (Lipinski definition) is 0. The fourth-order valence-corrected chi connectivity index (χ4v) is 5.47. The lowest BCUT2D eigenvalue weighted by atomic mass is 10.1. The van der Waals surface area contributed by atoms with E-state index in [1.807, 2.05) is 0 Å². The standard InChI is InChI=1S/C20H21ClN2O5S/c1-27-19-8-7-14(21)9-18(19)20(24)22-10-15-12-23(13-16(11-22)28-15)29(25,26)17-5-3-2-4-6-17/h2-9,15-16H,10-13H2,1H3/t15-,16+. The first-order valence-electron chi connectivity index (χ1n) is 9.22.